The first kappa shape index (κ1) is 48.8. The first-order valence-electron chi connectivity index (χ1n) is 23.4. The highest BCUT2D eigenvalue weighted by Gasteiger charge is 2.45. The fraction of sp³-hybridized carbons (Fsp3) is 0.533. The molecule has 0 radical (unpaired) electrons. The van der Waals surface area contributed by atoms with Gasteiger partial charge in [-0.25, -0.2) is 10.0 Å². The molecule has 0 saturated carbocycles. The van der Waals surface area contributed by atoms with Crippen molar-refractivity contribution in [2.45, 2.75) is 181 Å². The first-order valence-corrected chi connectivity index (χ1v) is 26.0. The molecule has 0 amide bonds. The van der Waals surface area contributed by atoms with Crippen LogP contribution in [0, 0.1) is 0 Å². The number of benzene rings is 4. The van der Waals surface area contributed by atoms with Gasteiger partial charge >= 0.3 is 0 Å². The van der Waals surface area contributed by atoms with E-state index in [1.165, 1.54) is 89.0 Å². The Morgan fingerprint density at radius 1 is 0.397 bits per heavy atom. The van der Waals surface area contributed by atoms with E-state index in [1.54, 1.807) is 0 Å². The number of rotatable bonds is 6. The summed E-state index contributed by atoms with van der Waals surface area (Å²) in [5.74, 6) is 2.01. The van der Waals surface area contributed by atoms with Crippen LogP contribution in [0.4, 0.5) is 0 Å². The Labute approximate surface area is 387 Å². The van der Waals surface area contributed by atoms with E-state index in [9.17, 15) is 0 Å². The minimum Gasteiger partial charge on any atom is -0.496 e. The maximum absolute atomic E-state index is 6.59. The maximum Gasteiger partial charge on any atom is 0.131 e. The molecule has 6 rings (SSSR count). The SMILES string of the molecule is COc1c(C(C)(C)C)cc2c(c1-c1cc(C(C)(C)C)cc(C(C)(C)C)c1)C=C(C)C2S(C)(C)C1C(C)=Cc2c1cc(C(C)(C)C)c(OC)c2-c1cc(C(C)(C)C)cc(C(C)(C)C)c1. The van der Waals surface area contributed by atoms with Gasteiger partial charge in [0.1, 0.15) is 11.5 Å². The van der Waals surface area contributed by atoms with Crippen molar-refractivity contribution in [3.8, 4) is 33.8 Å². The highest BCUT2D eigenvalue weighted by atomic mass is 32.3. The van der Waals surface area contributed by atoms with Crippen LogP contribution >= 0.6 is 10.0 Å². The molecule has 4 aromatic carbocycles. The van der Waals surface area contributed by atoms with Crippen LogP contribution in [-0.4, -0.2) is 26.7 Å². The third-order valence-electron chi connectivity index (χ3n) is 14.0. The summed E-state index contributed by atoms with van der Waals surface area (Å²) in [6.45, 7) is 46.9. The van der Waals surface area contributed by atoms with Gasteiger partial charge in [-0.3, -0.25) is 0 Å². The summed E-state index contributed by atoms with van der Waals surface area (Å²) >= 11 is 0. The molecule has 0 saturated heterocycles. The van der Waals surface area contributed by atoms with Gasteiger partial charge in [0.2, 0.25) is 0 Å². The molecule has 0 fully saturated rings. The zero-order chi connectivity index (χ0) is 47.5. The lowest BCUT2D eigenvalue weighted by Crippen LogP contribution is -2.20. The zero-order valence-corrected chi connectivity index (χ0v) is 45.0. The number of fused-ring (bicyclic) bond motifs is 2. The molecule has 0 heterocycles. The third-order valence-corrected chi connectivity index (χ3v) is 17.7. The molecule has 63 heavy (non-hydrogen) atoms. The van der Waals surface area contributed by atoms with Crippen molar-refractivity contribution in [2.24, 2.45) is 0 Å². The Kier molecular flexibility index (Phi) is 12.2. The smallest absolute Gasteiger partial charge is 0.131 e. The van der Waals surface area contributed by atoms with Crippen molar-refractivity contribution in [1.82, 2.24) is 0 Å². The number of hydrogen-bond acceptors (Lipinski definition) is 2. The van der Waals surface area contributed by atoms with Gasteiger partial charge < -0.3 is 9.47 Å². The van der Waals surface area contributed by atoms with Gasteiger partial charge in [0.25, 0.3) is 0 Å². The molecule has 0 bridgehead atoms. The number of hydrogen-bond donors (Lipinski definition) is 0. The molecule has 2 nitrogen and oxygen atoms in total. The van der Waals surface area contributed by atoms with Crippen LogP contribution in [0.15, 0.2) is 59.7 Å². The monoisotopic (exact) mass is 869 g/mol. The number of ether oxygens (including phenoxy) is 2. The molecule has 4 aromatic rings. The third kappa shape index (κ3) is 8.88. The molecular weight excluding hydrogens is 785 g/mol. The molecule has 0 aromatic heterocycles. The fourth-order valence-electron chi connectivity index (χ4n) is 10.4. The molecular formula is C60H84O2S. The van der Waals surface area contributed by atoms with E-state index in [0.29, 0.717) is 0 Å². The Balaban J connectivity index is 1.68. The van der Waals surface area contributed by atoms with Crippen molar-refractivity contribution >= 4 is 22.2 Å². The Morgan fingerprint density at radius 3 is 0.889 bits per heavy atom. The van der Waals surface area contributed by atoms with Gasteiger partial charge in [-0.05, 0) is 127 Å². The first-order chi connectivity index (χ1) is 28.5. The van der Waals surface area contributed by atoms with Gasteiger partial charge in [0.15, 0.2) is 0 Å². The summed E-state index contributed by atoms with van der Waals surface area (Å²) in [4.78, 5) is 0. The Bertz CT molecular complexity index is 2270. The average molecular weight is 869 g/mol. The van der Waals surface area contributed by atoms with Crippen LogP contribution in [-0.2, 0) is 32.5 Å². The highest BCUT2D eigenvalue weighted by molar-refractivity contribution is 8.33. The van der Waals surface area contributed by atoms with Gasteiger partial charge in [-0.15, -0.1) is 0 Å². The molecule has 0 N–H and O–H groups in total. The normalized spacial score (nSPS) is 17.7. The van der Waals surface area contributed by atoms with E-state index in [0.717, 1.165) is 11.5 Å². The van der Waals surface area contributed by atoms with Crippen molar-refractivity contribution in [1.29, 1.82) is 0 Å². The second-order valence-electron chi connectivity index (χ2n) is 25.8. The van der Waals surface area contributed by atoms with E-state index < -0.39 is 10.0 Å². The minimum absolute atomic E-state index is 0.00989. The fourth-order valence-corrected chi connectivity index (χ4v) is 14.4. The molecule has 2 aliphatic rings. The summed E-state index contributed by atoms with van der Waals surface area (Å²) < 4.78 is 13.2. The Hall–Kier alpha value is -3.69. The molecule has 342 valence electrons. The zero-order valence-electron chi connectivity index (χ0n) is 44.2. The molecule has 2 atom stereocenters. The van der Waals surface area contributed by atoms with Crippen LogP contribution in [0.1, 0.15) is 205 Å². The summed E-state index contributed by atoms with van der Waals surface area (Å²) in [6.07, 6.45) is 10.3. The number of methoxy groups -OCH3 is 2. The van der Waals surface area contributed by atoms with Crippen LogP contribution in [0.3, 0.4) is 0 Å². The summed E-state index contributed by atoms with van der Waals surface area (Å²) in [7, 11) is 2.28. The predicted octanol–water partition coefficient (Wildman–Crippen LogP) is 17.5. The summed E-state index contributed by atoms with van der Waals surface area (Å²) in [6, 6.07) is 19.8. The van der Waals surface area contributed by atoms with Crippen LogP contribution in [0.5, 0.6) is 11.5 Å². The van der Waals surface area contributed by atoms with Gasteiger partial charge in [0.05, 0.1) is 14.2 Å². The van der Waals surface area contributed by atoms with E-state index in [-0.39, 0.29) is 43.0 Å². The van der Waals surface area contributed by atoms with Gasteiger partial charge in [0, 0.05) is 32.8 Å². The second-order valence-corrected chi connectivity index (χ2v) is 29.7. The highest BCUT2D eigenvalue weighted by Crippen LogP contribution is 2.74. The maximum atomic E-state index is 6.59. The van der Waals surface area contributed by atoms with Gasteiger partial charge in [-0.1, -0.05) is 184 Å². The van der Waals surface area contributed by atoms with Crippen LogP contribution < -0.4 is 9.47 Å². The quantitative estimate of drug-likeness (QED) is 0.192. The van der Waals surface area contributed by atoms with E-state index in [4.69, 9.17) is 9.47 Å². The predicted molar refractivity (Wildman–Crippen MR) is 281 cm³/mol. The lowest BCUT2D eigenvalue weighted by molar-refractivity contribution is 0.399. The molecule has 0 aliphatic heterocycles. The molecule has 2 unspecified atom stereocenters. The molecule has 2 aliphatic carbocycles. The topological polar surface area (TPSA) is 18.5 Å². The van der Waals surface area contributed by atoms with Crippen molar-refractivity contribution in [3.05, 3.63) is 115 Å². The van der Waals surface area contributed by atoms with Crippen LogP contribution in [0.25, 0.3) is 34.4 Å². The molecule has 3 heteroatoms. The van der Waals surface area contributed by atoms with Crippen molar-refractivity contribution < 1.29 is 9.47 Å². The minimum atomic E-state index is -1.47. The standard InChI is InChI=1S/C60H84O2S/c1-35-25-43-45(33-47(59(15,16)17)51(61-21)49(43)37-27-39(55(3,4)5)31-40(28-37)56(6,7)8)53(35)63(23,24)54-36(2)26-44-46(54)34-48(60(18,19)20)52(62-22)50(44)38-29-41(57(9,10)11)32-42(30-38)58(12,13)14/h25-34,53-54H,1-24H3. The van der Waals surface area contributed by atoms with Gasteiger partial charge in [-0.2, -0.15) is 0 Å². The summed E-state index contributed by atoms with van der Waals surface area (Å²) in [5.41, 5.74) is 21.1. The second kappa shape index (κ2) is 15.7. The van der Waals surface area contributed by atoms with E-state index in [2.05, 4.69) is 212 Å². The molecule has 0 spiro atoms. The van der Waals surface area contributed by atoms with Crippen molar-refractivity contribution in [2.75, 3.05) is 26.7 Å². The largest absolute Gasteiger partial charge is 0.496 e. The lowest BCUT2D eigenvalue weighted by atomic mass is 9.77. The summed E-state index contributed by atoms with van der Waals surface area (Å²) in [5, 5.41) is 0.511. The van der Waals surface area contributed by atoms with Crippen LogP contribution in [0.2, 0.25) is 0 Å². The lowest BCUT2D eigenvalue weighted by Gasteiger charge is -2.46. The van der Waals surface area contributed by atoms with E-state index >= 15 is 0 Å². The Morgan fingerprint density at radius 2 is 0.667 bits per heavy atom. The van der Waals surface area contributed by atoms with Crippen molar-refractivity contribution in [3.63, 3.8) is 0 Å². The van der Waals surface area contributed by atoms with E-state index in [1.807, 2.05) is 14.2 Å². The average Bonchev–Trinajstić information content (AvgIpc) is 3.66.